The number of benzene rings is 1. The third-order valence-corrected chi connectivity index (χ3v) is 3.75. The third-order valence-electron chi connectivity index (χ3n) is 3.75. The molecule has 3 rings (SSSR count). The first-order valence-electron chi connectivity index (χ1n) is 8.22. The second-order valence-corrected chi connectivity index (χ2v) is 5.64. The van der Waals surface area contributed by atoms with E-state index < -0.39 is 0 Å². The van der Waals surface area contributed by atoms with Gasteiger partial charge in [-0.05, 0) is 37.1 Å². The van der Waals surface area contributed by atoms with Crippen LogP contribution >= 0.6 is 0 Å². The monoisotopic (exact) mass is 338 g/mol. The van der Waals surface area contributed by atoms with Crippen molar-refractivity contribution < 1.29 is 9.15 Å². The normalized spacial score (nSPS) is 10.5. The number of rotatable bonds is 8. The fraction of sp³-hybridized carbons (Fsp3) is 0.263. The fourth-order valence-electron chi connectivity index (χ4n) is 2.55. The molecular weight excluding hydrogens is 316 g/mol. The lowest BCUT2D eigenvalue weighted by Gasteiger charge is -2.11. The number of furan rings is 1. The van der Waals surface area contributed by atoms with Crippen LogP contribution in [-0.4, -0.2) is 23.6 Å². The average molecular weight is 338 g/mol. The van der Waals surface area contributed by atoms with Crippen LogP contribution in [0.3, 0.4) is 0 Å². The van der Waals surface area contributed by atoms with Crippen LogP contribution in [0.25, 0.3) is 0 Å². The lowest BCUT2D eigenvalue weighted by Crippen LogP contribution is -2.11. The van der Waals surface area contributed by atoms with Crippen molar-refractivity contribution >= 4 is 11.8 Å². The molecule has 1 aromatic carbocycles. The number of nitrogens with one attached hydrogen (secondary N) is 2. The maximum atomic E-state index is 5.38. The summed E-state index contributed by atoms with van der Waals surface area (Å²) in [7, 11) is 1.69. The van der Waals surface area contributed by atoms with Crippen LogP contribution in [-0.2, 0) is 13.0 Å². The molecule has 6 nitrogen and oxygen atoms in total. The van der Waals surface area contributed by atoms with Crippen LogP contribution in [0.4, 0.5) is 11.8 Å². The number of anilines is 2. The fourth-order valence-corrected chi connectivity index (χ4v) is 2.55. The summed E-state index contributed by atoms with van der Waals surface area (Å²) >= 11 is 0. The summed E-state index contributed by atoms with van der Waals surface area (Å²) in [6.45, 7) is 3.26. The first kappa shape index (κ1) is 16.8. The number of nitrogens with zero attached hydrogens (tertiary/aromatic N) is 2. The van der Waals surface area contributed by atoms with E-state index in [1.54, 1.807) is 13.4 Å². The van der Waals surface area contributed by atoms with Gasteiger partial charge in [0.1, 0.15) is 17.3 Å². The highest BCUT2D eigenvalue weighted by Crippen LogP contribution is 2.18. The Balaban J connectivity index is 1.58. The second kappa shape index (κ2) is 8.19. The minimum atomic E-state index is 0.587. The van der Waals surface area contributed by atoms with Crippen LogP contribution in [0.2, 0.25) is 0 Å². The SMILES string of the molecule is COc1ccccc1CCNc1nc(C)cc(NCc2ccco2)n1. The second-order valence-electron chi connectivity index (χ2n) is 5.64. The molecule has 0 aliphatic rings. The van der Waals surface area contributed by atoms with Gasteiger partial charge < -0.3 is 19.8 Å². The molecule has 3 aromatic rings. The summed E-state index contributed by atoms with van der Waals surface area (Å²) in [6, 6.07) is 13.7. The molecule has 0 fully saturated rings. The molecule has 0 bridgehead atoms. The molecule has 0 amide bonds. The quantitative estimate of drug-likeness (QED) is 0.653. The number of methoxy groups -OCH3 is 1. The zero-order valence-corrected chi connectivity index (χ0v) is 14.5. The van der Waals surface area contributed by atoms with Gasteiger partial charge in [0.25, 0.3) is 0 Å². The summed E-state index contributed by atoms with van der Waals surface area (Å²) in [5.74, 6) is 3.14. The van der Waals surface area contributed by atoms with E-state index in [1.807, 2.05) is 43.3 Å². The third kappa shape index (κ3) is 4.73. The zero-order valence-electron chi connectivity index (χ0n) is 14.5. The molecule has 0 saturated carbocycles. The van der Waals surface area contributed by atoms with E-state index >= 15 is 0 Å². The highest BCUT2D eigenvalue weighted by atomic mass is 16.5. The number of hydrogen-bond acceptors (Lipinski definition) is 6. The molecule has 25 heavy (non-hydrogen) atoms. The number of aromatic nitrogens is 2. The Labute approximate surface area is 147 Å². The molecule has 0 spiro atoms. The summed E-state index contributed by atoms with van der Waals surface area (Å²) in [5, 5.41) is 6.53. The molecule has 130 valence electrons. The van der Waals surface area contributed by atoms with Crippen molar-refractivity contribution in [3.05, 3.63) is 65.7 Å². The van der Waals surface area contributed by atoms with Gasteiger partial charge in [-0.3, -0.25) is 0 Å². The summed E-state index contributed by atoms with van der Waals surface area (Å²) in [6.07, 6.45) is 2.49. The van der Waals surface area contributed by atoms with Gasteiger partial charge in [-0.15, -0.1) is 0 Å². The van der Waals surface area contributed by atoms with Crippen molar-refractivity contribution in [1.82, 2.24) is 9.97 Å². The Morgan fingerprint density at radius 2 is 1.96 bits per heavy atom. The largest absolute Gasteiger partial charge is 0.496 e. The van der Waals surface area contributed by atoms with Gasteiger partial charge in [0.15, 0.2) is 0 Å². The average Bonchev–Trinajstić information content (AvgIpc) is 3.13. The van der Waals surface area contributed by atoms with Gasteiger partial charge in [0.05, 0.1) is 19.9 Å². The number of aryl methyl sites for hydroxylation is 1. The molecule has 2 N–H and O–H groups in total. The van der Waals surface area contributed by atoms with Gasteiger partial charge in [0, 0.05) is 18.3 Å². The van der Waals surface area contributed by atoms with Gasteiger partial charge in [-0.2, -0.15) is 4.98 Å². The molecule has 0 saturated heterocycles. The van der Waals surface area contributed by atoms with Crippen molar-refractivity contribution in [1.29, 1.82) is 0 Å². The highest BCUT2D eigenvalue weighted by Gasteiger charge is 2.05. The summed E-state index contributed by atoms with van der Waals surface area (Å²) in [4.78, 5) is 8.94. The lowest BCUT2D eigenvalue weighted by molar-refractivity contribution is 0.410. The number of ether oxygens (including phenoxy) is 1. The molecule has 0 atom stereocenters. The van der Waals surface area contributed by atoms with E-state index in [1.165, 1.54) is 0 Å². The smallest absolute Gasteiger partial charge is 0.224 e. The van der Waals surface area contributed by atoms with Crippen molar-refractivity contribution in [3.8, 4) is 5.75 Å². The van der Waals surface area contributed by atoms with Crippen LogP contribution in [0.15, 0.2) is 53.1 Å². The zero-order chi connectivity index (χ0) is 17.5. The molecular formula is C19H22N4O2. The van der Waals surface area contributed by atoms with Gasteiger partial charge in [0.2, 0.25) is 5.95 Å². The van der Waals surface area contributed by atoms with E-state index in [4.69, 9.17) is 9.15 Å². The predicted molar refractivity (Wildman–Crippen MR) is 98.0 cm³/mol. The van der Waals surface area contributed by atoms with E-state index in [-0.39, 0.29) is 0 Å². The van der Waals surface area contributed by atoms with Crippen molar-refractivity contribution in [3.63, 3.8) is 0 Å². The standard InChI is InChI=1S/C19H22N4O2/c1-14-12-18(21-13-16-7-5-11-25-16)23-19(22-14)20-10-9-15-6-3-4-8-17(15)24-2/h3-8,11-12H,9-10,13H2,1-2H3,(H2,20,21,22,23). The molecule has 2 heterocycles. The number of hydrogen-bond donors (Lipinski definition) is 2. The van der Waals surface area contributed by atoms with E-state index in [9.17, 15) is 0 Å². The molecule has 6 heteroatoms. The van der Waals surface area contributed by atoms with Crippen LogP contribution < -0.4 is 15.4 Å². The van der Waals surface area contributed by atoms with Crippen LogP contribution in [0.5, 0.6) is 5.75 Å². The van der Waals surface area contributed by atoms with Gasteiger partial charge >= 0.3 is 0 Å². The van der Waals surface area contributed by atoms with Crippen LogP contribution in [0.1, 0.15) is 17.0 Å². The maximum absolute atomic E-state index is 5.38. The Hall–Kier alpha value is -3.02. The molecule has 0 aliphatic carbocycles. The Morgan fingerprint density at radius 1 is 1.08 bits per heavy atom. The van der Waals surface area contributed by atoms with Crippen LogP contribution in [0, 0.1) is 6.92 Å². The molecule has 0 aliphatic heterocycles. The van der Waals surface area contributed by atoms with Gasteiger partial charge in [-0.1, -0.05) is 18.2 Å². The van der Waals surface area contributed by atoms with Gasteiger partial charge in [-0.25, -0.2) is 4.98 Å². The summed E-state index contributed by atoms with van der Waals surface area (Å²) in [5.41, 5.74) is 2.05. The Bertz CT molecular complexity index is 803. The minimum Gasteiger partial charge on any atom is -0.496 e. The molecule has 2 aromatic heterocycles. The lowest BCUT2D eigenvalue weighted by atomic mass is 10.1. The molecule has 0 radical (unpaired) electrons. The topological polar surface area (TPSA) is 72.2 Å². The maximum Gasteiger partial charge on any atom is 0.224 e. The Morgan fingerprint density at radius 3 is 2.76 bits per heavy atom. The van der Waals surface area contributed by atoms with Crippen molar-refractivity contribution in [2.45, 2.75) is 19.9 Å². The number of para-hydroxylation sites is 1. The predicted octanol–water partition coefficient (Wildman–Crippen LogP) is 3.65. The Kier molecular flexibility index (Phi) is 5.51. The highest BCUT2D eigenvalue weighted by molar-refractivity contribution is 5.42. The summed E-state index contributed by atoms with van der Waals surface area (Å²) < 4.78 is 10.7. The first-order valence-corrected chi connectivity index (χ1v) is 8.22. The van der Waals surface area contributed by atoms with E-state index in [2.05, 4.69) is 26.7 Å². The molecule has 0 unspecified atom stereocenters. The van der Waals surface area contributed by atoms with Crippen molar-refractivity contribution in [2.75, 3.05) is 24.3 Å². The minimum absolute atomic E-state index is 0.587. The van der Waals surface area contributed by atoms with E-state index in [0.29, 0.717) is 12.5 Å². The first-order chi connectivity index (χ1) is 12.2. The van der Waals surface area contributed by atoms with E-state index in [0.717, 1.165) is 41.6 Å². The van der Waals surface area contributed by atoms with Crippen molar-refractivity contribution in [2.24, 2.45) is 0 Å².